The Morgan fingerprint density at radius 1 is 1.13 bits per heavy atom. The number of fused-ring (bicyclic) bond motifs is 1. The van der Waals surface area contributed by atoms with Gasteiger partial charge in [0.2, 0.25) is 0 Å². The van der Waals surface area contributed by atoms with Crippen LogP contribution in [0.5, 0.6) is 0 Å². The number of carbonyl (C=O) groups is 1. The molecule has 0 bridgehead atoms. The van der Waals surface area contributed by atoms with Gasteiger partial charge >= 0.3 is 0 Å². The highest BCUT2D eigenvalue weighted by Gasteiger charge is 2.30. The summed E-state index contributed by atoms with van der Waals surface area (Å²) >= 11 is 12.1. The van der Waals surface area contributed by atoms with Gasteiger partial charge in [0, 0.05) is 36.6 Å². The van der Waals surface area contributed by atoms with Crippen LogP contribution in [0.4, 0.5) is 11.5 Å². The second-order valence-corrected chi connectivity index (χ2v) is 11.7. The highest BCUT2D eigenvalue weighted by Crippen LogP contribution is 2.32. The average Bonchev–Trinajstić information content (AvgIpc) is 3.54. The van der Waals surface area contributed by atoms with Crippen LogP contribution in [0.2, 0.25) is 10.0 Å². The number of likely N-dealkylation sites (tertiary alicyclic amines) is 1. The summed E-state index contributed by atoms with van der Waals surface area (Å²) in [6.45, 7) is 1.32. The van der Waals surface area contributed by atoms with Crippen molar-refractivity contribution in [1.82, 2.24) is 24.4 Å². The Bertz CT molecular complexity index is 1640. The third-order valence-electron chi connectivity index (χ3n) is 6.63. The van der Waals surface area contributed by atoms with Gasteiger partial charge in [0.15, 0.2) is 5.65 Å². The van der Waals surface area contributed by atoms with E-state index in [9.17, 15) is 13.2 Å². The van der Waals surface area contributed by atoms with Crippen LogP contribution >= 0.6 is 23.2 Å². The SMILES string of the molecule is CN(C)C1CCN(C(=O)c2cnn3c(N)c(-c4ccc(NS(=O)(=O)c5cccc(Cl)c5Cl)cc4)cnc23)C1. The third-order valence-corrected chi connectivity index (χ3v) is 8.98. The molecule has 4 aromatic rings. The molecule has 1 fully saturated rings. The van der Waals surface area contributed by atoms with Crippen LogP contribution in [-0.2, 0) is 10.0 Å². The maximum absolute atomic E-state index is 13.2. The monoisotopic (exact) mass is 573 g/mol. The third kappa shape index (κ3) is 4.78. The van der Waals surface area contributed by atoms with Crippen molar-refractivity contribution >= 4 is 56.3 Å². The molecule has 0 aliphatic carbocycles. The number of amides is 1. The second-order valence-electron chi connectivity index (χ2n) is 9.24. The first-order valence-electron chi connectivity index (χ1n) is 11.7. The van der Waals surface area contributed by atoms with Crippen molar-refractivity contribution in [3.63, 3.8) is 0 Å². The molecule has 10 nitrogen and oxygen atoms in total. The lowest BCUT2D eigenvalue weighted by atomic mass is 10.1. The van der Waals surface area contributed by atoms with Crippen molar-refractivity contribution in [2.24, 2.45) is 0 Å². The molecule has 2 aromatic carbocycles. The highest BCUT2D eigenvalue weighted by molar-refractivity contribution is 7.92. The van der Waals surface area contributed by atoms with Gasteiger partial charge in [0.05, 0.1) is 16.2 Å². The van der Waals surface area contributed by atoms with Gasteiger partial charge in [-0.25, -0.2) is 13.4 Å². The summed E-state index contributed by atoms with van der Waals surface area (Å²) in [4.78, 5) is 21.4. The summed E-state index contributed by atoms with van der Waals surface area (Å²) in [7, 11) is 0.0583. The second kappa shape index (κ2) is 10.1. The van der Waals surface area contributed by atoms with Gasteiger partial charge in [0.1, 0.15) is 16.3 Å². The Hall–Kier alpha value is -3.38. The number of hydrogen-bond donors (Lipinski definition) is 2. The van der Waals surface area contributed by atoms with Crippen LogP contribution in [0, 0.1) is 0 Å². The summed E-state index contributed by atoms with van der Waals surface area (Å²) in [5, 5.41) is 4.41. The molecular formula is C25H25Cl2N7O3S. The first kappa shape index (κ1) is 26.2. The van der Waals surface area contributed by atoms with Gasteiger partial charge < -0.3 is 15.5 Å². The molecule has 2 aromatic heterocycles. The van der Waals surface area contributed by atoms with E-state index in [0.29, 0.717) is 53.0 Å². The number of benzene rings is 2. The van der Waals surface area contributed by atoms with Crippen molar-refractivity contribution in [2.45, 2.75) is 17.4 Å². The van der Waals surface area contributed by atoms with Crippen LogP contribution in [-0.4, -0.2) is 71.9 Å². The zero-order valence-corrected chi connectivity index (χ0v) is 22.9. The van der Waals surface area contributed by atoms with E-state index in [2.05, 4.69) is 19.7 Å². The van der Waals surface area contributed by atoms with Gasteiger partial charge in [-0.05, 0) is 50.3 Å². The van der Waals surface area contributed by atoms with E-state index in [1.165, 1.54) is 28.9 Å². The Balaban J connectivity index is 1.38. The summed E-state index contributed by atoms with van der Waals surface area (Å²) in [6, 6.07) is 11.3. The van der Waals surface area contributed by atoms with E-state index in [-0.39, 0.29) is 20.8 Å². The topological polar surface area (TPSA) is 126 Å². The number of nitrogens with two attached hydrogens (primary N) is 1. The highest BCUT2D eigenvalue weighted by atomic mass is 35.5. The molecule has 38 heavy (non-hydrogen) atoms. The number of sulfonamides is 1. The minimum atomic E-state index is -3.96. The molecule has 1 amide bonds. The molecule has 1 aliphatic rings. The Morgan fingerprint density at radius 3 is 2.55 bits per heavy atom. The summed E-state index contributed by atoms with van der Waals surface area (Å²) in [5.41, 5.74) is 8.79. The van der Waals surface area contributed by atoms with E-state index in [0.717, 1.165) is 6.42 Å². The summed E-state index contributed by atoms with van der Waals surface area (Å²) in [6.07, 6.45) is 3.99. The first-order valence-corrected chi connectivity index (χ1v) is 14.0. The zero-order chi connectivity index (χ0) is 27.2. The molecule has 3 heterocycles. The van der Waals surface area contributed by atoms with Crippen molar-refractivity contribution in [1.29, 1.82) is 0 Å². The number of likely N-dealkylation sites (N-methyl/N-ethyl adjacent to an activating group) is 1. The van der Waals surface area contributed by atoms with E-state index >= 15 is 0 Å². The molecule has 0 radical (unpaired) electrons. The number of nitrogens with zero attached hydrogens (tertiary/aromatic N) is 5. The van der Waals surface area contributed by atoms with Crippen LogP contribution in [0.1, 0.15) is 16.8 Å². The molecule has 1 atom stereocenters. The van der Waals surface area contributed by atoms with Gasteiger partial charge in [-0.2, -0.15) is 9.61 Å². The molecule has 1 aliphatic heterocycles. The summed E-state index contributed by atoms with van der Waals surface area (Å²) in [5.74, 6) is 0.182. The van der Waals surface area contributed by atoms with Gasteiger partial charge in [0.25, 0.3) is 15.9 Å². The van der Waals surface area contributed by atoms with E-state index in [4.69, 9.17) is 28.9 Å². The Morgan fingerprint density at radius 2 is 1.87 bits per heavy atom. The first-order chi connectivity index (χ1) is 18.1. The molecule has 5 rings (SSSR count). The van der Waals surface area contributed by atoms with Crippen molar-refractivity contribution in [3.8, 4) is 11.1 Å². The zero-order valence-electron chi connectivity index (χ0n) is 20.6. The van der Waals surface area contributed by atoms with Crippen LogP contribution in [0.25, 0.3) is 16.8 Å². The number of nitrogens with one attached hydrogen (secondary N) is 1. The van der Waals surface area contributed by atoms with Crippen molar-refractivity contribution < 1.29 is 13.2 Å². The van der Waals surface area contributed by atoms with E-state index < -0.39 is 10.0 Å². The molecule has 3 N–H and O–H groups in total. The number of aromatic nitrogens is 3. The lowest BCUT2D eigenvalue weighted by molar-refractivity contribution is 0.0784. The Kier molecular flexibility index (Phi) is 6.95. The molecule has 198 valence electrons. The maximum Gasteiger partial charge on any atom is 0.263 e. The van der Waals surface area contributed by atoms with E-state index in [1.807, 2.05) is 19.0 Å². The van der Waals surface area contributed by atoms with Crippen molar-refractivity contribution in [3.05, 3.63) is 70.5 Å². The fourth-order valence-corrected chi connectivity index (χ4v) is 6.28. The number of anilines is 2. The molecule has 0 saturated carbocycles. The fourth-order valence-electron chi connectivity index (χ4n) is 4.46. The number of hydrogen-bond acceptors (Lipinski definition) is 7. The van der Waals surface area contributed by atoms with Crippen LogP contribution in [0.3, 0.4) is 0 Å². The molecule has 13 heteroatoms. The molecule has 1 saturated heterocycles. The van der Waals surface area contributed by atoms with Crippen molar-refractivity contribution in [2.75, 3.05) is 37.6 Å². The fraction of sp³-hybridized carbons (Fsp3) is 0.240. The van der Waals surface area contributed by atoms with E-state index in [1.54, 1.807) is 30.5 Å². The standard InChI is InChI=1S/C25H25Cl2N7O3S/c1-32(2)17-10-11-33(14-17)25(35)19-13-30-34-23(28)18(12-29-24(19)34)15-6-8-16(9-7-15)31-38(36,37)21-5-3-4-20(26)22(21)27/h3-9,12-13,17,31H,10-11,14,28H2,1-2H3. The number of halogens is 2. The predicted octanol–water partition coefficient (Wildman–Crippen LogP) is 3.86. The quantitative estimate of drug-likeness (QED) is 0.358. The molecule has 0 spiro atoms. The number of rotatable bonds is 6. The maximum atomic E-state index is 13.2. The average molecular weight is 574 g/mol. The molecule has 1 unspecified atom stereocenters. The lowest BCUT2D eigenvalue weighted by Crippen LogP contribution is -2.34. The summed E-state index contributed by atoms with van der Waals surface area (Å²) < 4.78 is 29.6. The lowest BCUT2D eigenvalue weighted by Gasteiger charge is -2.20. The molecular weight excluding hydrogens is 549 g/mol. The smallest absolute Gasteiger partial charge is 0.263 e. The van der Waals surface area contributed by atoms with Crippen LogP contribution < -0.4 is 10.5 Å². The number of carbonyl (C=O) groups excluding carboxylic acids is 1. The minimum absolute atomic E-state index is 0.0511. The van der Waals surface area contributed by atoms with Crippen LogP contribution in [0.15, 0.2) is 59.8 Å². The predicted molar refractivity (Wildman–Crippen MR) is 148 cm³/mol. The normalized spacial score (nSPS) is 15.9. The minimum Gasteiger partial charge on any atom is -0.383 e. The Labute approximate surface area is 230 Å². The largest absolute Gasteiger partial charge is 0.383 e. The van der Waals surface area contributed by atoms with Gasteiger partial charge in [-0.15, -0.1) is 0 Å². The van der Waals surface area contributed by atoms with Gasteiger partial charge in [-0.1, -0.05) is 41.4 Å². The van der Waals surface area contributed by atoms with Gasteiger partial charge in [-0.3, -0.25) is 9.52 Å². The number of nitrogen functional groups attached to an aromatic ring is 1.